The Morgan fingerprint density at radius 3 is 2.77 bits per heavy atom. The fraction of sp³-hybridized carbons (Fsp3) is 0.625. The summed E-state index contributed by atoms with van der Waals surface area (Å²) in [6.07, 6.45) is 0.373. The van der Waals surface area contributed by atoms with E-state index in [0.717, 1.165) is 0 Å². The molecule has 0 saturated heterocycles. The second-order valence-corrected chi connectivity index (χ2v) is 2.94. The zero-order valence-electron chi connectivity index (χ0n) is 8.00. The van der Waals surface area contributed by atoms with Crippen LogP contribution in [0.15, 0.2) is 4.42 Å². The van der Waals surface area contributed by atoms with Crippen LogP contribution in [0.2, 0.25) is 0 Å². The van der Waals surface area contributed by atoms with Gasteiger partial charge in [-0.2, -0.15) is 0 Å². The Morgan fingerprint density at radius 2 is 2.31 bits per heavy atom. The number of rotatable bonds is 3. The average molecular weight is 183 g/mol. The summed E-state index contributed by atoms with van der Waals surface area (Å²) in [4.78, 5) is 11.0. The largest absolute Gasteiger partial charge is 0.425 e. The van der Waals surface area contributed by atoms with Crippen LogP contribution in [0, 0.1) is 6.92 Å². The SMILES string of the molecule is CNC(=O)CC(C)c1nnc(C)o1. The van der Waals surface area contributed by atoms with Crippen LogP contribution in [0.5, 0.6) is 0 Å². The summed E-state index contributed by atoms with van der Waals surface area (Å²) < 4.78 is 5.19. The van der Waals surface area contributed by atoms with Crippen molar-refractivity contribution < 1.29 is 9.21 Å². The summed E-state index contributed by atoms with van der Waals surface area (Å²) >= 11 is 0. The van der Waals surface area contributed by atoms with Gasteiger partial charge in [-0.25, -0.2) is 0 Å². The summed E-state index contributed by atoms with van der Waals surface area (Å²) in [5.41, 5.74) is 0. The second-order valence-electron chi connectivity index (χ2n) is 2.94. The van der Waals surface area contributed by atoms with Crippen molar-refractivity contribution in [3.63, 3.8) is 0 Å². The van der Waals surface area contributed by atoms with Crippen LogP contribution in [-0.2, 0) is 4.79 Å². The molecular formula is C8H13N3O2. The Labute approximate surface area is 76.5 Å². The molecule has 1 atom stereocenters. The molecule has 0 saturated carbocycles. The van der Waals surface area contributed by atoms with Gasteiger partial charge in [0, 0.05) is 26.3 Å². The van der Waals surface area contributed by atoms with E-state index >= 15 is 0 Å². The van der Waals surface area contributed by atoms with E-state index in [1.165, 1.54) is 0 Å². The number of hydrogen-bond acceptors (Lipinski definition) is 4. The number of nitrogens with zero attached hydrogens (tertiary/aromatic N) is 2. The van der Waals surface area contributed by atoms with Crippen LogP contribution >= 0.6 is 0 Å². The molecule has 0 aliphatic carbocycles. The Balaban J connectivity index is 2.58. The number of amides is 1. The maximum absolute atomic E-state index is 11.0. The Bertz CT molecular complexity index is 295. The predicted octanol–water partition coefficient (Wildman–Crippen LogP) is 0.618. The van der Waals surface area contributed by atoms with Crippen LogP contribution in [0.4, 0.5) is 0 Å². The van der Waals surface area contributed by atoms with Crippen LogP contribution in [-0.4, -0.2) is 23.2 Å². The first-order valence-electron chi connectivity index (χ1n) is 4.14. The fourth-order valence-electron chi connectivity index (χ4n) is 0.978. The van der Waals surface area contributed by atoms with E-state index in [9.17, 15) is 4.79 Å². The molecular weight excluding hydrogens is 170 g/mol. The van der Waals surface area contributed by atoms with Crippen molar-refractivity contribution in [3.8, 4) is 0 Å². The van der Waals surface area contributed by atoms with E-state index in [4.69, 9.17) is 4.42 Å². The lowest BCUT2D eigenvalue weighted by atomic mass is 10.1. The van der Waals surface area contributed by atoms with Gasteiger partial charge in [0.15, 0.2) is 0 Å². The van der Waals surface area contributed by atoms with Crippen molar-refractivity contribution in [3.05, 3.63) is 11.8 Å². The molecule has 0 aliphatic rings. The van der Waals surface area contributed by atoms with Gasteiger partial charge in [0.2, 0.25) is 17.7 Å². The monoisotopic (exact) mass is 183 g/mol. The van der Waals surface area contributed by atoms with Crippen LogP contribution < -0.4 is 5.32 Å². The van der Waals surface area contributed by atoms with Gasteiger partial charge >= 0.3 is 0 Å². The standard InChI is InChI=1S/C8H13N3O2/c1-5(4-7(12)9-3)8-11-10-6(2)13-8/h5H,4H2,1-3H3,(H,9,12). The first-order chi connectivity index (χ1) is 6.13. The lowest BCUT2D eigenvalue weighted by molar-refractivity contribution is -0.121. The topological polar surface area (TPSA) is 68.0 Å². The van der Waals surface area contributed by atoms with Crippen molar-refractivity contribution in [2.45, 2.75) is 26.2 Å². The number of carbonyl (C=O) groups excluding carboxylic acids is 1. The third kappa shape index (κ3) is 2.54. The Morgan fingerprint density at radius 1 is 1.62 bits per heavy atom. The lowest BCUT2D eigenvalue weighted by Crippen LogP contribution is -2.19. The van der Waals surface area contributed by atoms with E-state index in [0.29, 0.717) is 18.2 Å². The number of carbonyl (C=O) groups is 1. The van der Waals surface area contributed by atoms with Crippen molar-refractivity contribution in [2.75, 3.05) is 7.05 Å². The van der Waals surface area contributed by atoms with Crippen molar-refractivity contribution in [1.82, 2.24) is 15.5 Å². The number of nitrogens with one attached hydrogen (secondary N) is 1. The molecule has 13 heavy (non-hydrogen) atoms. The minimum absolute atomic E-state index is 0.0247. The zero-order chi connectivity index (χ0) is 9.84. The van der Waals surface area contributed by atoms with Gasteiger partial charge < -0.3 is 9.73 Å². The lowest BCUT2D eigenvalue weighted by Gasteiger charge is -2.04. The fourth-order valence-corrected chi connectivity index (χ4v) is 0.978. The predicted molar refractivity (Wildman–Crippen MR) is 46.1 cm³/mol. The van der Waals surface area contributed by atoms with Crippen LogP contribution in [0.25, 0.3) is 0 Å². The highest BCUT2D eigenvalue weighted by molar-refractivity contribution is 5.76. The molecule has 0 aromatic carbocycles. The third-order valence-corrected chi connectivity index (χ3v) is 1.73. The average Bonchev–Trinajstić information content (AvgIpc) is 2.51. The molecule has 1 aromatic rings. The Kier molecular flexibility index (Phi) is 3.00. The van der Waals surface area contributed by atoms with E-state index < -0.39 is 0 Å². The first-order valence-corrected chi connectivity index (χ1v) is 4.14. The minimum atomic E-state index is -0.0267. The summed E-state index contributed by atoms with van der Waals surface area (Å²) in [5.74, 6) is 0.990. The maximum atomic E-state index is 11.0. The molecule has 1 amide bonds. The smallest absolute Gasteiger partial charge is 0.220 e. The van der Waals surface area contributed by atoms with Gasteiger partial charge in [-0.15, -0.1) is 10.2 Å². The highest BCUT2D eigenvalue weighted by Gasteiger charge is 2.15. The molecule has 0 bridgehead atoms. The van der Waals surface area contributed by atoms with Crippen molar-refractivity contribution in [2.24, 2.45) is 0 Å². The van der Waals surface area contributed by atoms with Gasteiger partial charge in [-0.05, 0) is 0 Å². The molecule has 1 rings (SSSR count). The molecule has 0 fully saturated rings. The van der Waals surface area contributed by atoms with Gasteiger partial charge in [0.05, 0.1) is 0 Å². The minimum Gasteiger partial charge on any atom is -0.425 e. The second kappa shape index (κ2) is 4.02. The molecule has 1 aromatic heterocycles. The summed E-state index contributed by atoms with van der Waals surface area (Å²) in [6, 6.07) is 0. The quantitative estimate of drug-likeness (QED) is 0.745. The van der Waals surface area contributed by atoms with Crippen molar-refractivity contribution in [1.29, 1.82) is 0 Å². The molecule has 1 heterocycles. The summed E-state index contributed by atoms with van der Waals surface area (Å²) in [6.45, 7) is 3.60. The number of aromatic nitrogens is 2. The normalized spacial score (nSPS) is 12.5. The zero-order valence-corrected chi connectivity index (χ0v) is 8.00. The third-order valence-electron chi connectivity index (χ3n) is 1.73. The summed E-state index contributed by atoms with van der Waals surface area (Å²) in [7, 11) is 1.61. The maximum Gasteiger partial charge on any atom is 0.220 e. The molecule has 0 radical (unpaired) electrons. The molecule has 72 valence electrons. The summed E-state index contributed by atoms with van der Waals surface area (Å²) in [5, 5.41) is 10.1. The molecule has 5 nitrogen and oxygen atoms in total. The van der Waals surface area contributed by atoms with Gasteiger partial charge in [0.1, 0.15) is 0 Å². The van der Waals surface area contributed by atoms with Gasteiger partial charge in [-0.3, -0.25) is 4.79 Å². The molecule has 1 N–H and O–H groups in total. The van der Waals surface area contributed by atoms with Gasteiger partial charge in [-0.1, -0.05) is 6.92 Å². The molecule has 0 spiro atoms. The molecule has 0 aliphatic heterocycles. The van der Waals surface area contributed by atoms with E-state index in [2.05, 4.69) is 15.5 Å². The highest BCUT2D eigenvalue weighted by Crippen LogP contribution is 2.16. The Hall–Kier alpha value is -1.39. The molecule has 1 unspecified atom stereocenters. The number of hydrogen-bond donors (Lipinski definition) is 1. The van der Waals surface area contributed by atoms with Crippen LogP contribution in [0.1, 0.15) is 31.0 Å². The van der Waals surface area contributed by atoms with Crippen molar-refractivity contribution >= 4 is 5.91 Å². The van der Waals surface area contributed by atoms with Crippen LogP contribution in [0.3, 0.4) is 0 Å². The highest BCUT2D eigenvalue weighted by atomic mass is 16.4. The molecule has 5 heteroatoms. The first kappa shape index (κ1) is 9.70. The van der Waals surface area contributed by atoms with E-state index in [1.54, 1.807) is 14.0 Å². The number of aryl methyl sites for hydroxylation is 1. The van der Waals surface area contributed by atoms with Gasteiger partial charge in [0.25, 0.3) is 0 Å². The van der Waals surface area contributed by atoms with E-state index in [1.807, 2.05) is 6.92 Å². The van der Waals surface area contributed by atoms with E-state index in [-0.39, 0.29) is 11.8 Å².